The Morgan fingerprint density at radius 3 is 2.51 bits per heavy atom. The predicted octanol–water partition coefficient (Wildman–Crippen LogP) is 3.52. The van der Waals surface area contributed by atoms with Gasteiger partial charge < -0.3 is 19.3 Å². The zero-order chi connectivity index (χ0) is 31.5. The fourth-order valence-electron chi connectivity index (χ4n) is 4.93. The Morgan fingerprint density at radius 1 is 1.21 bits per heavy atom. The van der Waals surface area contributed by atoms with E-state index in [1.807, 2.05) is 18.9 Å². The third kappa shape index (κ3) is 8.06. The Labute approximate surface area is 249 Å². The van der Waals surface area contributed by atoms with Crippen LogP contribution in [0.15, 0.2) is 60.0 Å². The number of ether oxygens (including phenoxy) is 1. The van der Waals surface area contributed by atoms with Gasteiger partial charge in [0.1, 0.15) is 11.9 Å². The molecule has 0 radical (unpaired) electrons. The van der Waals surface area contributed by atoms with Gasteiger partial charge in [0.05, 0.1) is 31.0 Å². The van der Waals surface area contributed by atoms with Crippen LogP contribution in [0.3, 0.4) is 0 Å². The van der Waals surface area contributed by atoms with E-state index >= 15 is 0 Å². The van der Waals surface area contributed by atoms with Gasteiger partial charge in [0.25, 0.3) is 10.0 Å². The highest BCUT2D eigenvalue weighted by atomic mass is 32.2. The van der Waals surface area contributed by atoms with Gasteiger partial charge in [0.15, 0.2) is 5.03 Å². The van der Waals surface area contributed by atoms with E-state index in [2.05, 4.69) is 9.71 Å². The van der Waals surface area contributed by atoms with E-state index in [-0.39, 0.29) is 35.6 Å². The second kappa shape index (κ2) is 12.9. The van der Waals surface area contributed by atoms with Crippen LogP contribution < -0.4 is 9.46 Å². The predicted molar refractivity (Wildman–Crippen MR) is 154 cm³/mol. The van der Waals surface area contributed by atoms with Gasteiger partial charge >= 0.3 is 6.18 Å². The Morgan fingerprint density at radius 2 is 1.91 bits per heavy atom. The summed E-state index contributed by atoms with van der Waals surface area (Å²) in [6.45, 7) is 4.47. The van der Waals surface area contributed by atoms with Crippen LogP contribution in [-0.4, -0.2) is 77.7 Å². The number of amides is 1. The Hall–Kier alpha value is -3.62. The molecule has 1 aliphatic heterocycles. The van der Waals surface area contributed by atoms with Crippen LogP contribution in [0.2, 0.25) is 0 Å². The monoisotopic (exact) mass is 623 g/mol. The first kappa shape index (κ1) is 32.3. The van der Waals surface area contributed by atoms with Crippen molar-refractivity contribution in [3.05, 3.63) is 71.7 Å². The maximum atomic E-state index is 13.4. The molecule has 3 aromatic rings. The molecule has 14 heteroatoms. The van der Waals surface area contributed by atoms with E-state index in [0.717, 1.165) is 12.1 Å². The number of sulfonamides is 1. The van der Waals surface area contributed by atoms with Crippen LogP contribution in [0.25, 0.3) is 0 Å². The second-order valence-electron chi connectivity index (χ2n) is 11.1. The third-order valence-corrected chi connectivity index (χ3v) is 8.62. The third-order valence-electron chi connectivity index (χ3n) is 7.35. The van der Waals surface area contributed by atoms with E-state index in [9.17, 15) is 31.5 Å². The first-order chi connectivity index (χ1) is 20.2. The van der Waals surface area contributed by atoms with E-state index in [4.69, 9.17) is 4.74 Å². The van der Waals surface area contributed by atoms with E-state index < -0.39 is 33.9 Å². The highest BCUT2D eigenvalue weighted by Gasteiger charge is 2.32. The summed E-state index contributed by atoms with van der Waals surface area (Å²) < 4.78 is 75.1. The molecule has 2 heterocycles. The maximum absolute atomic E-state index is 13.4. The van der Waals surface area contributed by atoms with Crippen molar-refractivity contribution >= 4 is 21.6 Å². The molecular formula is C29H36F3N5O5S. The lowest BCUT2D eigenvalue weighted by Gasteiger charge is -2.34. The van der Waals surface area contributed by atoms with Gasteiger partial charge in [-0.15, -0.1) is 0 Å². The molecule has 4 rings (SSSR count). The summed E-state index contributed by atoms with van der Waals surface area (Å²) in [5.41, 5.74) is 0.673. The van der Waals surface area contributed by atoms with Crippen molar-refractivity contribution in [3.8, 4) is 5.75 Å². The van der Waals surface area contributed by atoms with Crippen LogP contribution in [0, 0.1) is 5.92 Å². The number of benzene rings is 2. The van der Waals surface area contributed by atoms with E-state index in [1.54, 1.807) is 37.1 Å². The summed E-state index contributed by atoms with van der Waals surface area (Å²) in [7, 11) is -0.498. The Balaban J connectivity index is 1.59. The molecule has 1 aliphatic rings. The normalized spacial score (nSPS) is 18.8. The smallest absolute Gasteiger partial charge is 0.416 e. The van der Waals surface area contributed by atoms with E-state index in [0.29, 0.717) is 36.5 Å². The highest BCUT2D eigenvalue weighted by Crippen LogP contribution is 2.31. The van der Waals surface area contributed by atoms with Gasteiger partial charge in [-0.3, -0.25) is 14.4 Å². The van der Waals surface area contributed by atoms with Crippen molar-refractivity contribution in [3.63, 3.8) is 0 Å². The van der Waals surface area contributed by atoms with E-state index in [1.165, 1.54) is 29.2 Å². The number of likely N-dealkylation sites (N-methyl/N-ethyl adjacent to an activating group) is 1. The number of nitrogens with zero attached hydrogens (tertiary/aromatic N) is 4. The number of halogens is 3. The fraction of sp³-hybridized carbons (Fsp3) is 0.448. The van der Waals surface area contributed by atoms with Crippen molar-refractivity contribution in [2.24, 2.45) is 13.0 Å². The van der Waals surface area contributed by atoms with Gasteiger partial charge in [-0.25, -0.2) is 4.98 Å². The van der Waals surface area contributed by atoms with Gasteiger partial charge in [0, 0.05) is 50.0 Å². The number of hydrogen-bond acceptors (Lipinski definition) is 7. The number of hydrogen-bond donors (Lipinski definition) is 2. The molecule has 0 aliphatic carbocycles. The molecule has 234 valence electrons. The Kier molecular flexibility index (Phi) is 9.72. The van der Waals surface area contributed by atoms with Gasteiger partial charge in [-0.2, -0.15) is 21.6 Å². The van der Waals surface area contributed by atoms with Crippen molar-refractivity contribution in [2.75, 3.05) is 31.5 Å². The number of aliphatic hydroxyl groups is 1. The molecule has 0 fully saturated rings. The van der Waals surface area contributed by atoms with Crippen LogP contribution >= 0.6 is 0 Å². The van der Waals surface area contributed by atoms with Crippen molar-refractivity contribution in [2.45, 2.75) is 50.2 Å². The molecule has 0 unspecified atom stereocenters. The first-order valence-corrected chi connectivity index (χ1v) is 15.2. The number of aryl methyl sites for hydroxylation is 1. The average molecular weight is 624 g/mol. The number of imidazole rings is 1. The fourth-order valence-corrected chi connectivity index (χ4v) is 5.96. The van der Waals surface area contributed by atoms with Crippen LogP contribution in [0.1, 0.15) is 30.5 Å². The number of carbonyl (C=O) groups is 1. The lowest BCUT2D eigenvalue weighted by Crippen LogP contribution is -2.47. The molecule has 2 aromatic carbocycles. The van der Waals surface area contributed by atoms with Crippen molar-refractivity contribution in [1.29, 1.82) is 0 Å². The number of aromatic nitrogens is 2. The van der Waals surface area contributed by atoms with Gasteiger partial charge in [0.2, 0.25) is 5.91 Å². The van der Waals surface area contributed by atoms with Gasteiger partial charge in [-0.05, 0) is 49.9 Å². The summed E-state index contributed by atoms with van der Waals surface area (Å²) >= 11 is 0. The standard InChI is InChI=1S/C29H36F3N5O5S/c1-19-13-37(20(2)17-38)28(39)12-22-11-24(34-43(40,41)27-16-36(4)18-33-27)9-10-25(22)42-26(19)15-35(3)14-21-5-7-23(8-6-21)29(30,31)32/h5-11,16,18-20,26,34,38H,12-15,17H2,1-4H3/t19-,20-,26-/m1/s1. The molecule has 0 spiro atoms. The van der Waals surface area contributed by atoms with Crippen molar-refractivity contribution < 1.29 is 36.2 Å². The molecule has 10 nitrogen and oxygen atoms in total. The quantitative estimate of drug-likeness (QED) is 0.375. The minimum Gasteiger partial charge on any atom is -0.488 e. The molecule has 0 saturated heterocycles. The highest BCUT2D eigenvalue weighted by molar-refractivity contribution is 7.92. The molecule has 43 heavy (non-hydrogen) atoms. The molecular weight excluding hydrogens is 587 g/mol. The summed E-state index contributed by atoms with van der Waals surface area (Å²) in [5, 5.41) is 9.70. The van der Waals surface area contributed by atoms with Crippen LogP contribution in [0.4, 0.5) is 18.9 Å². The number of anilines is 1. The number of alkyl halides is 3. The molecule has 0 saturated carbocycles. The summed E-state index contributed by atoms with van der Waals surface area (Å²) in [6.07, 6.45) is -2.20. The molecule has 3 atom stereocenters. The zero-order valence-electron chi connectivity index (χ0n) is 24.4. The van der Waals surface area contributed by atoms with Gasteiger partial charge in [-0.1, -0.05) is 19.1 Å². The lowest BCUT2D eigenvalue weighted by molar-refractivity contribution is -0.137. The average Bonchev–Trinajstić information content (AvgIpc) is 3.39. The SMILES string of the molecule is C[C@@H]1CN([C@H](C)CO)C(=O)Cc2cc(NS(=O)(=O)c3cn(C)cn3)ccc2O[C@@H]1CN(C)Cc1ccc(C(F)(F)F)cc1. The van der Waals surface area contributed by atoms with Crippen molar-refractivity contribution in [1.82, 2.24) is 19.4 Å². The molecule has 1 amide bonds. The number of carbonyl (C=O) groups excluding carboxylic acids is 1. The number of aliphatic hydroxyl groups excluding tert-OH is 1. The molecule has 1 aromatic heterocycles. The molecule has 2 N–H and O–H groups in total. The zero-order valence-corrected chi connectivity index (χ0v) is 25.2. The summed E-state index contributed by atoms with van der Waals surface area (Å²) in [4.78, 5) is 20.9. The lowest BCUT2D eigenvalue weighted by atomic mass is 10.0. The first-order valence-electron chi connectivity index (χ1n) is 13.7. The Bertz CT molecular complexity index is 1530. The maximum Gasteiger partial charge on any atom is 0.416 e. The topological polar surface area (TPSA) is 117 Å². The molecule has 0 bridgehead atoms. The number of fused-ring (bicyclic) bond motifs is 1. The summed E-state index contributed by atoms with van der Waals surface area (Å²) in [6, 6.07) is 9.23. The van der Waals surface area contributed by atoms with Crippen LogP contribution in [-0.2, 0) is 41.0 Å². The summed E-state index contributed by atoms with van der Waals surface area (Å²) in [5.74, 6) is -0.0320. The largest absolute Gasteiger partial charge is 0.488 e. The second-order valence-corrected chi connectivity index (χ2v) is 12.7. The minimum absolute atomic E-state index is 0.0837. The number of rotatable bonds is 9. The minimum atomic E-state index is -4.41. The van der Waals surface area contributed by atoms with Crippen LogP contribution in [0.5, 0.6) is 5.75 Å². The number of nitrogens with one attached hydrogen (secondary N) is 1.